The number of aromatic amines is 1. The molecule has 28 heavy (non-hydrogen) atoms. The van der Waals surface area contributed by atoms with Gasteiger partial charge in [-0.25, -0.2) is 14.1 Å². The summed E-state index contributed by atoms with van der Waals surface area (Å²) in [5.41, 5.74) is 3.04. The van der Waals surface area contributed by atoms with Gasteiger partial charge in [0, 0.05) is 20.0 Å². The number of nitrogens with zero attached hydrogens (tertiary/aromatic N) is 5. The number of para-hydroxylation sites is 2. The first-order valence-electron chi connectivity index (χ1n) is 8.92. The molecule has 4 rings (SSSR count). The first-order chi connectivity index (χ1) is 13.6. The minimum atomic E-state index is -0.288. The summed E-state index contributed by atoms with van der Waals surface area (Å²) in [6, 6.07) is 14.0. The number of hydrogen-bond acceptors (Lipinski definition) is 4. The number of hydrogen-bond donors (Lipinski definition) is 1. The number of halogens is 1. The highest BCUT2D eigenvalue weighted by Crippen LogP contribution is 2.11. The fourth-order valence-corrected chi connectivity index (χ4v) is 2.95. The van der Waals surface area contributed by atoms with Crippen LogP contribution in [0.1, 0.15) is 21.9 Å². The van der Waals surface area contributed by atoms with Gasteiger partial charge >= 0.3 is 0 Å². The fraction of sp³-hybridized carbons (Fsp3) is 0.200. The molecule has 142 valence electrons. The monoisotopic (exact) mass is 378 g/mol. The van der Waals surface area contributed by atoms with E-state index < -0.39 is 0 Å². The predicted octanol–water partition coefficient (Wildman–Crippen LogP) is 2.66. The van der Waals surface area contributed by atoms with Gasteiger partial charge in [-0.3, -0.25) is 4.79 Å². The topological polar surface area (TPSA) is 79.7 Å². The standard InChI is InChI=1S/C20H19FN6O/c1-26(11-10-19-22-16-4-2-3-5-17(16)23-19)20(28)18-13-27(25-24-18)12-14-6-8-15(21)9-7-14/h2-9,13H,10-12H2,1H3,(H,22,23). The molecule has 0 aliphatic carbocycles. The molecular formula is C20H19FN6O. The number of amides is 1. The van der Waals surface area contributed by atoms with Crippen molar-refractivity contribution in [2.45, 2.75) is 13.0 Å². The van der Waals surface area contributed by atoms with E-state index in [1.54, 1.807) is 35.0 Å². The van der Waals surface area contributed by atoms with Crippen LogP contribution in [0.15, 0.2) is 54.7 Å². The Morgan fingerprint density at radius 2 is 1.96 bits per heavy atom. The Labute approximate surface area is 160 Å². The van der Waals surface area contributed by atoms with E-state index in [-0.39, 0.29) is 17.4 Å². The van der Waals surface area contributed by atoms with Crippen LogP contribution in [0.2, 0.25) is 0 Å². The number of fused-ring (bicyclic) bond motifs is 1. The van der Waals surface area contributed by atoms with Crippen LogP contribution < -0.4 is 0 Å². The summed E-state index contributed by atoms with van der Waals surface area (Å²) in [6.07, 6.45) is 2.21. The normalized spacial score (nSPS) is 11.1. The number of imidazole rings is 1. The van der Waals surface area contributed by atoms with Gasteiger partial charge in [0.25, 0.3) is 5.91 Å². The summed E-state index contributed by atoms with van der Waals surface area (Å²) < 4.78 is 14.6. The van der Waals surface area contributed by atoms with Crippen molar-refractivity contribution in [3.05, 3.63) is 77.6 Å². The van der Waals surface area contributed by atoms with E-state index in [1.165, 1.54) is 12.1 Å². The molecule has 0 bridgehead atoms. The number of rotatable bonds is 6. The highest BCUT2D eigenvalue weighted by atomic mass is 19.1. The van der Waals surface area contributed by atoms with Gasteiger partial charge in [-0.1, -0.05) is 29.5 Å². The average Bonchev–Trinajstić information content (AvgIpc) is 3.34. The number of carbonyl (C=O) groups excluding carboxylic acids is 1. The van der Waals surface area contributed by atoms with Crippen molar-refractivity contribution in [2.75, 3.05) is 13.6 Å². The first-order valence-corrected chi connectivity index (χ1v) is 8.92. The minimum Gasteiger partial charge on any atom is -0.342 e. The molecule has 8 heteroatoms. The van der Waals surface area contributed by atoms with E-state index in [4.69, 9.17) is 0 Å². The maximum absolute atomic E-state index is 13.0. The van der Waals surface area contributed by atoms with Crippen molar-refractivity contribution in [1.82, 2.24) is 29.9 Å². The van der Waals surface area contributed by atoms with Crippen molar-refractivity contribution in [3.8, 4) is 0 Å². The second-order valence-electron chi connectivity index (χ2n) is 6.61. The van der Waals surface area contributed by atoms with Crippen molar-refractivity contribution < 1.29 is 9.18 Å². The summed E-state index contributed by atoms with van der Waals surface area (Å²) in [5.74, 6) is 0.339. The highest BCUT2D eigenvalue weighted by Gasteiger charge is 2.16. The molecule has 1 N–H and O–H groups in total. The SMILES string of the molecule is CN(CCc1nc2ccccc2[nH]1)C(=O)c1cn(Cc2ccc(F)cc2)nn1. The van der Waals surface area contributed by atoms with Gasteiger partial charge in [0.1, 0.15) is 11.6 Å². The van der Waals surface area contributed by atoms with Crippen LogP contribution in [0.5, 0.6) is 0 Å². The molecule has 7 nitrogen and oxygen atoms in total. The lowest BCUT2D eigenvalue weighted by Crippen LogP contribution is -2.29. The van der Waals surface area contributed by atoms with E-state index >= 15 is 0 Å². The number of benzene rings is 2. The Hall–Kier alpha value is -3.55. The molecule has 0 atom stereocenters. The number of H-pyrrole nitrogens is 1. The lowest BCUT2D eigenvalue weighted by atomic mass is 10.2. The summed E-state index contributed by atoms with van der Waals surface area (Å²) >= 11 is 0. The second-order valence-corrected chi connectivity index (χ2v) is 6.61. The third-order valence-electron chi connectivity index (χ3n) is 4.48. The van der Waals surface area contributed by atoms with Crippen LogP contribution in [-0.4, -0.2) is 49.4 Å². The van der Waals surface area contributed by atoms with Crippen LogP contribution in [0.4, 0.5) is 4.39 Å². The molecule has 0 aliphatic rings. The van der Waals surface area contributed by atoms with Crippen LogP contribution in [0.25, 0.3) is 11.0 Å². The molecule has 0 aliphatic heterocycles. The molecule has 4 aromatic rings. The highest BCUT2D eigenvalue weighted by molar-refractivity contribution is 5.91. The van der Waals surface area contributed by atoms with E-state index in [1.807, 2.05) is 24.3 Å². The Bertz CT molecular complexity index is 1070. The van der Waals surface area contributed by atoms with Gasteiger partial charge in [0.15, 0.2) is 5.69 Å². The summed E-state index contributed by atoms with van der Waals surface area (Å²) in [6.45, 7) is 0.923. The van der Waals surface area contributed by atoms with Gasteiger partial charge in [0.2, 0.25) is 0 Å². The van der Waals surface area contributed by atoms with E-state index in [0.717, 1.165) is 22.4 Å². The molecule has 0 saturated heterocycles. The summed E-state index contributed by atoms with van der Waals surface area (Å²) in [7, 11) is 1.73. The zero-order chi connectivity index (χ0) is 19.5. The number of nitrogens with one attached hydrogen (secondary N) is 1. The van der Waals surface area contributed by atoms with Gasteiger partial charge in [0.05, 0.1) is 23.8 Å². The molecule has 1 amide bonds. The molecular weight excluding hydrogens is 359 g/mol. The lowest BCUT2D eigenvalue weighted by molar-refractivity contribution is 0.0790. The van der Waals surface area contributed by atoms with Crippen molar-refractivity contribution in [2.24, 2.45) is 0 Å². The quantitative estimate of drug-likeness (QED) is 0.559. The first kappa shape index (κ1) is 17.8. The molecule has 0 saturated carbocycles. The van der Waals surface area contributed by atoms with Crippen molar-refractivity contribution >= 4 is 16.9 Å². The largest absolute Gasteiger partial charge is 0.342 e. The van der Waals surface area contributed by atoms with Gasteiger partial charge in [-0.15, -0.1) is 5.10 Å². The van der Waals surface area contributed by atoms with Crippen molar-refractivity contribution in [3.63, 3.8) is 0 Å². The molecule has 2 heterocycles. The van der Waals surface area contributed by atoms with Crippen LogP contribution in [0.3, 0.4) is 0 Å². The van der Waals surface area contributed by atoms with E-state index in [2.05, 4.69) is 20.3 Å². The number of likely N-dealkylation sites (N-methyl/N-ethyl adjacent to an activating group) is 1. The van der Waals surface area contributed by atoms with E-state index in [0.29, 0.717) is 19.5 Å². The average molecular weight is 378 g/mol. The zero-order valence-electron chi connectivity index (χ0n) is 15.3. The lowest BCUT2D eigenvalue weighted by Gasteiger charge is -2.14. The molecule has 0 unspecified atom stereocenters. The third-order valence-corrected chi connectivity index (χ3v) is 4.48. The maximum Gasteiger partial charge on any atom is 0.275 e. The predicted molar refractivity (Wildman–Crippen MR) is 102 cm³/mol. The molecule has 0 spiro atoms. The fourth-order valence-electron chi connectivity index (χ4n) is 2.95. The summed E-state index contributed by atoms with van der Waals surface area (Å²) in [5, 5.41) is 7.96. The molecule has 2 aromatic carbocycles. The molecule has 0 fully saturated rings. The minimum absolute atomic E-state index is 0.207. The number of carbonyl (C=O) groups is 1. The Morgan fingerprint density at radius 3 is 2.75 bits per heavy atom. The Kier molecular flexibility index (Phi) is 4.84. The smallest absolute Gasteiger partial charge is 0.275 e. The zero-order valence-corrected chi connectivity index (χ0v) is 15.3. The Morgan fingerprint density at radius 1 is 1.18 bits per heavy atom. The van der Waals surface area contributed by atoms with Crippen molar-refractivity contribution in [1.29, 1.82) is 0 Å². The molecule has 0 radical (unpaired) electrons. The third kappa shape index (κ3) is 3.90. The van der Waals surface area contributed by atoms with Crippen LogP contribution in [-0.2, 0) is 13.0 Å². The van der Waals surface area contributed by atoms with Crippen LogP contribution >= 0.6 is 0 Å². The van der Waals surface area contributed by atoms with Crippen LogP contribution in [0, 0.1) is 5.82 Å². The second kappa shape index (κ2) is 7.59. The van der Waals surface area contributed by atoms with Gasteiger partial charge in [-0.05, 0) is 29.8 Å². The van der Waals surface area contributed by atoms with E-state index in [9.17, 15) is 9.18 Å². The maximum atomic E-state index is 13.0. The van der Waals surface area contributed by atoms with Gasteiger partial charge < -0.3 is 9.88 Å². The summed E-state index contributed by atoms with van der Waals surface area (Å²) in [4.78, 5) is 22.0. The van der Waals surface area contributed by atoms with Gasteiger partial charge in [-0.2, -0.15) is 0 Å². The number of aromatic nitrogens is 5. The molecule has 2 aromatic heterocycles. The Balaban J connectivity index is 1.36.